The van der Waals surface area contributed by atoms with Gasteiger partial charge in [-0.1, -0.05) is 77.8 Å². The van der Waals surface area contributed by atoms with Gasteiger partial charge in [0.1, 0.15) is 0 Å². The number of rotatable bonds is 4. The van der Waals surface area contributed by atoms with Crippen LogP contribution in [0.3, 0.4) is 0 Å². The van der Waals surface area contributed by atoms with Gasteiger partial charge >= 0.3 is 0 Å². The lowest BCUT2D eigenvalue weighted by atomic mass is 10.0. The molecule has 0 spiro atoms. The van der Waals surface area contributed by atoms with Gasteiger partial charge in [-0.25, -0.2) is 0 Å². The van der Waals surface area contributed by atoms with Crippen molar-refractivity contribution in [3.8, 4) is 6.07 Å². The zero-order valence-electron chi connectivity index (χ0n) is 14.9. The summed E-state index contributed by atoms with van der Waals surface area (Å²) in [6.45, 7) is 0.623. The molecule has 0 aliphatic carbocycles. The summed E-state index contributed by atoms with van der Waals surface area (Å²) < 4.78 is 2.15. The Balaban J connectivity index is 1.81. The second-order valence-corrected chi connectivity index (χ2v) is 7.34. The van der Waals surface area contributed by atoms with Gasteiger partial charge in [-0.3, -0.25) is 0 Å². The van der Waals surface area contributed by atoms with Crippen molar-refractivity contribution < 1.29 is 0 Å². The van der Waals surface area contributed by atoms with Crippen molar-refractivity contribution in [2.75, 3.05) is 0 Å². The highest BCUT2D eigenvalue weighted by Crippen LogP contribution is 2.28. The van der Waals surface area contributed by atoms with E-state index in [9.17, 15) is 5.26 Å². The lowest BCUT2D eigenvalue weighted by Crippen LogP contribution is -1.98. The van der Waals surface area contributed by atoms with Gasteiger partial charge in [-0.05, 0) is 35.4 Å². The number of hydrogen-bond donors (Lipinski definition) is 0. The second-order valence-electron chi connectivity index (χ2n) is 6.50. The van der Waals surface area contributed by atoms with E-state index in [0.29, 0.717) is 22.2 Å². The first-order valence-electron chi connectivity index (χ1n) is 8.85. The van der Waals surface area contributed by atoms with E-state index in [-0.39, 0.29) is 0 Å². The van der Waals surface area contributed by atoms with Crippen LogP contribution in [0, 0.1) is 11.3 Å². The van der Waals surface area contributed by atoms with Crippen LogP contribution >= 0.6 is 23.2 Å². The van der Waals surface area contributed by atoms with E-state index in [4.69, 9.17) is 23.2 Å². The Kier molecular flexibility index (Phi) is 5.21. The average Bonchev–Trinajstić information content (AvgIpc) is 3.06. The molecular formula is C24H16Cl2N2. The quantitative estimate of drug-likeness (QED) is 0.335. The normalized spacial score (nSPS) is 11.5. The van der Waals surface area contributed by atoms with Gasteiger partial charge in [0.2, 0.25) is 0 Å². The molecule has 28 heavy (non-hydrogen) atoms. The SMILES string of the molecule is N#C/C(=C\c1cn(Cc2ccc(Cl)cc2Cl)c2ccccc12)c1ccccc1. The molecule has 1 aromatic heterocycles. The summed E-state index contributed by atoms with van der Waals surface area (Å²) in [5, 5.41) is 12.0. The van der Waals surface area contributed by atoms with Crippen molar-refractivity contribution in [1.82, 2.24) is 4.57 Å². The molecule has 0 aliphatic rings. The van der Waals surface area contributed by atoms with Crippen LogP contribution in [0.2, 0.25) is 10.0 Å². The number of allylic oxidation sites excluding steroid dienone is 1. The molecule has 0 fully saturated rings. The summed E-state index contributed by atoms with van der Waals surface area (Å²) in [5.41, 5.74) is 4.62. The third-order valence-electron chi connectivity index (χ3n) is 4.68. The van der Waals surface area contributed by atoms with Crippen LogP contribution in [-0.2, 0) is 6.54 Å². The molecule has 0 saturated carbocycles. The molecule has 4 rings (SSSR count). The van der Waals surface area contributed by atoms with Gasteiger partial charge in [0.15, 0.2) is 0 Å². The van der Waals surface area contributed by atoms with Crippen molar-refractivity contribution >= 4 is 45.8 Å². The predicted octanol–water partition coefficient (Wildman–Crippen LogP) is 7.06. The summed E-state index contributed by atoms with van der Waals surface area (Å²) in [4.78, 5) is 0. The third-order valence-corrected chi connectivity index (χ3v) is 5.27. The fraction of sp³-hybridized carbons (Fsp3) is 0.0417. The molecule has 4 aromatic rings. The van der Waals surface area contributed by atoms with Crippen molar-refractivity contribution in [2.45, 2.75) is 6.54 Å². The van der Waals surface area contributed by atoms with E-state index in [2.05, 4.69) is 29.0 Å². The van der Waals surface area contributed by atoms with Gasteiger partial charge in [0.05, 0.1) is 11.6 Å². The van der Waals surface area contributed by atoms with E-state index in [1.54, 1.807) is 6.07 Å². The fourth-order valence-electron chi connectivity index (χ4n) is 3.31. The maximum absolute atomic E-state index is 9.66. The Bertz CT molecular complexity index is 1210. The first-order chi connectivity index (χ1) is 13.7. The number of nitriles is 1. The van der Waals surface area contributed by atoms with Crippen molar-refractivity contribution in [2.24, 2.45) is 0 Å². The first-order valence-corrected chi connectivity index (χ1v) is 9.60. The first kappa shape index (κ1) is 18.4. The molecule has 0 saturated heterocycles. The number of fused-ring (bicyclic) bond motifs is 1. The maximum Gasteiger partial charge on any atom is 0.0998 e. The van der Waals surface area contributed by atoms with Crippen molar-refractivity contribution in [3.05, 3.63) is 106 Å². The van der Waals surface area contributed by atoms with Gasteiger partial charge < -0.3 is 4.57 Å². The molecular weight excluding hydrogens is 387 g/mol. The maximum atomic E-state index is 9.66. The summed E-state index contributed by atoms with van der Waals surface area (Å²) in [5.74, 6) is 0. The fourth-order valence-corrected chi connectivity index (χ4v) is 3.78. The zero-order chi connectivity index (χ0) is 19.5. The molecule has 0 aliphatic heterocycles. The van der Waals surface area contributed by atoms with Crippen LogP contribution in [0.25, 0.3) is 22.6 Å². The molecule has 0 amide bonds. The second kappa shape index (κ2) is 7.94. The Morgan fingerprint density at radius 2 is 1.71 bits per heavy atom. The Morgan fingerprint density at radius 3 is 2.46 bits per heavy atom. The number of nitrogens with zero attached hydrogens (tertiary/aromatic N) is 2. The lowest BCUT2D eigenvalue weighted by molar-refractivity contribution is 0.836. The zero-order valence-corrected chi connectivity index (χ0v) is 16.5. The number of para-hydroxylation sites is 1. The molecule has 0 radical (unpaired) electrons. The highest BCUT2D eigenvalue weighted by Gasteiger charge is 2.10. The molecule has 3 aromatic carbocycles. The predicted molar refractivity (Wildman–Crippen MR) is 117 cm³/mol. The molecule has 136 valence electrons. The minimum absolute atomic E-state index is 0.622. The van der Waals surface area contributed by atoms with E-state index < -0.39 is 0 Å². The molecule has 0 bridgehead atoms. The Morgan fingerprint density at radius 1 is 0.964 bits per heavy atom. The van der Waals surface area contributed by atoms with Crippen LogP contribution in [0.15, 0.2) is 79.0 Å². The van der Waals surface area contributed by atoms with Gasteiger partial charge in [-0.15, -0.1) is 0 Å². The van der Waals surface area contributed by atoms with E-state index in [0.717, 1.165) is 27.6 Å². The molecule has 0 unspecified atom stereocenters. The topological polar surface area (TPSA) is 28.7 Å². The summed E-state index contributed by atoms with van der Waals surface area (Å²) in [6.07, 6.45) is 4.01. The highest BCUT2D eigenvalue weighted by molar-refractivity contribution is 6.35. The molecule has 2 nitrogen and oxygen atoms in total. The molecule has 0 atom stereocenters. The lowest BCUT2D eigenvalue weighted by Gasteiger charge is -2.08. The number of benzene rings is 3. The molecule has 1 heterocycles. The van der Waals surface area contributed by atoms with E-state index in [1.165, 1.54) is 0 Å². The monoisotopic (exact) mass is 402 g/mol. The van der Waals surface area contributed by atoms with E-state index >= 15 is 0 Å². The highest BCUT2D eigenvalue weighted by atomic mass is 35.5. The van der Waals surface area contributed by atoms with Crippen LogP contribution in [0.1, 0.15) is 16.7 Å². The van der Waals surface area contributed by atoms with Crippen LogP contribution in [0.4, 0.5) is 0 Å². The van der Waals surface area contributed by atoms with Gasteiger partial charge in [0.25, 0.3) is 0 Å². The summed E-state index contributed by atoms with van der Waals surface area (Å²) >= 11 is 12.4. The van der Waals surface area contributed by atoms with Crippen LogP contribution in [-0.4, -0.2) is 4.57 Å². The van der Waals surface area contributed by atoms with Gasteiger partial charge in [-0.2, -0.15) is 5.26 Å². The number of halogens is 2. The number of aromatic nitrogens is 1. The molecule has 0 N–H and O–H groups in total. The third kappa shape index (κ3) is 3.68. The Hall–Kier alpha value is -2.99. The standard InChI is InChI=1S/C24H16Cl2N2/c25-21-11-10-18(23(26)13-21)15-28-16-20(22-8-4-5-9-24(22)28)12-19(14-27)17-6-2-1-3-7-17/h1-13,16H,15H2/b19-12+. The largest absolute Gasteiger partial charge is 0.342 e. The summed E-state index contributed by atoms with van der Waals surface area (Å²) in [6, 6.07) is 25.7. The van der Waals surface area contributed by atoms with Crippen LogP contribution < -0.4 is 0 Å². The minimum Gasteiger partial charge on any atom is -0.342 e. The smallest absolute Gasteiger partial charge is 0.0998 e. The van der Waals surface area contributed by atoms with Gasteiger partial charge in [0, 0.05) is 39.3 Å². The molecule has 4 heteroatoms. The summed E-state index contributed by atoms with van der Waals surface area (Å²) in [7, 11) is 0. The van der Waals surface area contributed by atoms with Crippen molar-refractivity contribution in [3.63, 3.8) is 0 Å². The Labute approximate surface area is 173 Å². The number of hydrogen-bond acceptors (Lipinski definition) is 1. The van der Waals surface area contributed by atoms with E-state index in [1.807, 2.05) is 60.7 Å². The van der Waals surface area contributed by atoms with Crippen LogP contribution in [0.5, 0.6) is 0 Å². The minimum atomic E-state index is 0.622. The average molecular weight is 403 g/mol. The van der Waals surface area contributed by atoms with Crippen molar-refractivity contribution in [1.29, 1.82) is 5.26 Å².